The molecule has 134 valence electrons. The van der Waals surface area contributed by atoms with Crippen molar-refractivity contribution in [2.24, 2.45) is 5.73 Å². The maximum absolute atomic E-state index is 6.14. The van der Waals surface area contributed by atoms with Gasteiger partial charge in [-0.15, -0.1) is 0 Å². The number of nitrogens with zero attached hydrogens (tertiary/aromatic N) is 2. The Morgan fingerprint density at radius 1 is 1.04 bits per heavy atom. The smallest absolute Gasteiger partial charge is 0.0312 e. The van der Waals surface area contributed by atoms with Crippen LogP contribution in [0.5, 0.6) is 0 Å². The first kappa shape index (κ1) is 18.1. The minimum Gasteiger partial charge on any atom is -0.328 e. The van der Waals surface area contributed by atoms with E-state index in [1.165, 1.54) is 40.7 Å². The molecule has 0 spiro atoms. The van der Waals surface area contributed by atoms with Crippen LogP contribution in [0.2, 0.25) is 0 Å². The molecule has 1 heterocycles. The van der Waals surface area contributed by atoms with Gasteiger partial charge in [0.05, 0.1) is 0 Å². The third-order valence-electron chi connectivity index (χ3n) is 5.57. The fourth-order valence-electron chi connectivity index (χ4n) is 4.17. The Morgan fingerprint density at radius 3 is 2.32 bits per heavy atom. The summed E-state index contributed by atoms with van der Waals surface area (Å²) in [5.41, 5.74) is 13.1. The normalized spacial score (nSPS) is 20.8. The summed E-state index contributed by atoms with van der Waals surface area (Å²) in [6, 6.07) is 9.83. The number of hydrogen-bond donors (Lipinski definition) is 1. The molecule has 2 aromatic rings. The van der Waals surface area contributed by atoms with Gasteiger partial charge in [0.2, 0.25) is 0 Å². The van der Waals surface area contributed by atoms with E-state index in [9.17, 15) is 0 Å². The zero-order chi connectivity index (χ0) is 17.8. The maximum atomic E-state index is 6.14. The van der Waals surface area contributed by atoms with Crippen molar-refractivity contribution in [3.05, 3.63) is 64.5 Å². The van der Waals surface area contributed by atoms with E-state index in [4.69, 9.17) is 5.73 Å². The Labute approximate surface area is 152 Å². The van der Waals surface area contributed by atoms with Crippen LogP contribution in [0, 0.1) is 20.8 Å². The molecular formula is C22H31N3. The highest BCUT2D eigenvalue weighted by atomic mass is 15.2. The molecule has 0 aliphatic heterocycles. The second kappa shape index (κ2) is 8.11. The lowest BCUT2D eigenvalue weighted by molar-refractivity contribution is 0.133. The summed E-state index contributed by atoms with van der Waals surface area (Å²) in [5.74, 6) is 0. The summed E-state index contributed by atoms with van der Waals surface area (Å²) in [5, 5.41) is 0. The average molecular weight is 338 g/mol. The topological polar surface area (TPSA) is 42.2 Å². The minimum atomic E-state index is 0.388. The number of benzene rings is 1. The predicted octanol–water partition coefficient (Wildman–Crippen LogP) is 4.28. The van der Waals surface area contributed by atoms with Crippen LogP contribution in [0.3, 0.4) is 0 Å². The maximum Gasteiger partial charge on any atom is 0.0312 e. The van der Waals surface area contributed by atoms with Crippen molar-refractivity contribution in [1.82, 2.24) is 9.88 Å². The van der Waals surface area contributed by atoms with Crippen LogP contribution in [0.1, 0.15) is 53.5 Å². The summed E-state index contributed by atoms with van der Waals surface area (Å²) in [6.07, 6.45) is 8.52. The fraction of sp³-hybridized carbons (Fsp3) is 0.500. The Balaban J connectivity index is 1.83. The third kappa shape index (κ3) is 4.68. The van der Waals surface area contributed by atoms with Gasteiger partial charge in [0, 0.05) is 37.6 Å². The molecule has 0 amide bonds. The lowest BCUT2D eigenvalue weighted by Crippen LogP contribution is -2.40. The Hall–Kier alpha value is -1.71. The Morgan fingerprint density at radius 2 is 1.72 bits per heavy atom. The average Bonchev–Trinajstić information content (AvgIpc) is 2.58. The van der Waals surface area contributed by atoms with Gasteiger partial charge in [0.25, 0.3) is 0 Å². The molecule has 2 N–H and O–H groups in total. The van der Waals surface area contributed by atoms with Gasteiger partial charge >= 0.3 is 0 Å². The van der Waals surface area contributed by atoms with Crippen LogP contribution in [0.15, 0.2) is 36.7 Å². The first-order valence-electron chi connectivity index (χ1n) is 9.48. The number of aromatic nitrogens is 1. The molecule has 0 radical (unpaired) electrons. The summed E-state index contributed by atoms with van der Waals surface area (Å²) in [7, 11) is 0. The van der Waals surface area contributed by atoms with Crippen molar-refractivity contribution in [2.75, 3.05) is 0 Å². The molecule has 1 saturated carbocycles. The molecule has 0 atom stereocenters. The molecular weight excluding hydrogens is 306 g/mol. The summed E-state index contributed by atoms with van der Waals surface area (Å²) < 4.78 is 0. The molecule has 0 bridgehead atoms. The first-order chi connectivity index (χ1) is 12.0. The number of nitrogens with two attached hydrogens (primary N) is 1. The second-order valence-electron chi connectivity index (χ2n) is 7.71. The predicted molar refractivity (Wildman–Crippen MR) is 104 cm³/mol. The molecule has 0 unspecified atom stereocenters. The van der Waals surface area contributed by atoms with Crippen molar-refractivity contribution >= 4 is 0 Å². The van der Waals surface area contributed by atoms with Gasteiger partial charge in [-0.2, -0.15) is 0 Å². The monoisotopic (exact) mass is 337 g/mol. The molecule has 1 aliphatic rings. The number of hydrogen-bond acceptors (Lipinski definition) is 3. The zero-order valence-corrected chi connectivity index (χ0v) is 15.8. The number of rotatable bonds is 5. The summed E-state index contributed by atoms with van der Waals surface area (Å²) >= 11 is 0. The Kier molecular flexibility index (Phi) is 5.87. The second-order valence-corrected chi connectivity index (χ2v) is 7.71. The van der Waals surface area contributed by atoms with E-state index in [-0.39, 0.29) is 0 Å². The van der Waals surface area contributed by atoms with Crippen molar-refractivity contribution < 1.29 is 0 Å². The van der Waals surface area contributed by atoms with Crippen molar-refractivity contribution in [3.63, 3.8) is 0 Å². The highest BCUT2D eigenvalue weighted by Crippen LogP contribution is 2.27. The van der Waals surface area contributed by atoms with E-state index in [1.807, 2.05) is 18.5 Å². The van der Waals surface area contributed by atoms with Crippen molar-refractivity contribution in [2.45, 2.75) is 71.6 Å². The molecule has 25 heavy (non-hydrogen) atoms. The minimum absolute atomic E-state index is 0.388. The van der Waals surface area contributed by atoms with E-state index < -0.39 is 0 Å². The SMILES string of the molecule is Cc1cc(C)c(CN(Cc2cccnc2)C2CCC(N)CC2)c(C)c1. The summed E-state index contributed by atoms with van der Waals surface area (Å²) in [4.78, 5) is 6.95. The van der Waals surface area contributed by atoms with Gasteiger partial charge in [-0.1, -0.05) is 23.8 Å². The third-order valence-corrected chi connectivity index (χ3v) is 5.57. The van der Waals surface area contributed by atoms with Crippen LogP contribution >= 0.6 is 0 Å². The van der Waals surface area contributed by atoms with Crippen molar-refractivity contribution in [1.29, 1.82) is 0 Å². The van der Waals surface area contributed by atoms with Gasteiger partial charge in [-0.05, 0) is 74.8 Å². The molecule has 1 aliphatic carbocycles. The van der Waals surface area contributed by atoms with Gasteiger partial charge in [0.1, 0.15) is 0 Å². The molecule has 3 nitrogen and oxygen atoms in total. The summed E-state index contributed by atoms with van der Waals surface area (Å²) in [6.45, 7) is 8.63. The van der Waals surface area contributed by atoms with Crippen LogP contribution in [-0.2, 0) is 13.1 Å². The Bertz CT molecular complexity index is 665. The largest absolute Gasteiger partial charge is 0.328 e. The van der Waals surface area contributed by atoms with Gasteiger partial charge < -0.3 is 5.73 Å². The van der Waals surface area contributed by atoms with E-state index >= 15 is 0 Å². The highest BCUT2D eigenvalue weighted by Gasteiger charge is 2.25. The lowest BCUT2D eigenvalue weighted by Gasteiger charge is -2.37. The fourth-order valence-corrected chi connectivity index (χ4v) is 4.17. The number of aryl methyl sites for hydroxylation is 3. The molecule has 3 heteroatoms. The van der Waals surface area contributed by atoms with Crippen molar-refractivity contribution in [3.8, 4) is 0 Å². The van der Waals surface area contributed by atoms with E-state index in [0.717, 1.165) is 25.9 Å². The molecule has 0 saturated heterocycles. The van der Waals surface area contributed by atoms with E-state index in [2.05, 4.69) is 48.9 Å². The van der Waals surface area contributed by atoms with E-state index in [1.54, 1.807) is 0 Å². The van der Waals surface area contributed by atoms with Crippen LogP contribution in [0.25, 0.3) is 0 Å². The zero-order valence-electron chi connectivity index (χ0n) is 15.8. The van der Waals surface area contributed by atoms with Crippen LogP contribution < -0.4 is 5.73 Å². The number of pyridine rings is 1. The molecule has 3 rings (SSSR count). The standard InChI is InChI=1S/C22H31N3/c1-16-11-17(2)22(18(3)12-16)15-25(14-19-5-4-10-24-13-19)21-8-6-20(23)7-9-21/h4-5,10-13,20-21H,6-9,14-15,23H2,1-3H3. The van der Waals surface area contributed by atoms with Crippen LogP contribution in [0.4, 0.5) is 0 Å². The quantitative estimate of drug-likeness (QED) is 0.885. The molecule has 1 fully saturated rings. The molecule has 1 aromatic heterocycles. The first-order valence-corrected chi connectivity index (χ1v) is 9.48. The van der Waals surface area contributed by atoms with Crippen LogP contribution in [-0.4, -0.2) is 22.0 Å². The van der Waals surface area contributed by atoms with Gasteiger partial charge in [-0.3, -0.25) is 9.88 Å². The van der Waals surface area contributed by atoms with E-state index in [0.29, 0.717) is 12.1 Å². The van der Waals surface area contributed by atoms with Gasteiger partial charge in [0.15, 0.2) is 0 Å². The van der Waals surface area contributed by atoms with Gasteiger partial charge in [-0.25, -0.2) is 0 Å². The molecule has 1 aromatic carbocycles. The lowest BCUT2D eigenvalue weighted by atomic mass is 9.89. The highest BCUT2D eigenvalue weighted by molar-refractivity contribution is 5.37.